The van der Waals surface area contributed by atoms with Crippen molar-refractivity contribution in [3.05, 3.63) is 24.3 Å². The molecule has 1 heterocycles. The van der Waals surface area contributed by atoms with Gasteiger partial charge in [0.1, 0.15) is 0 Å². The molecule has 0 fully saturated rings. The van der Waals surface area contributed by atoms with E-state index in [1.807, 2.05) is 29.2 Å². The van der Waals surface area contributed by atoms with Crippen molar-refractivity contribution in [3.63, 3.8) is 0 Å². The Morgan fingerprint density at radius 2 is 1.89 bits per heavy atom. The molecule has 0 atom stereocenters. The maximum absolute atomic E-state index is 12.3. The smallest absolute Gasteiger partial charge is 0.228 e. The molecule has 2 rings (SSSR count). The Kier molecular flexibility index (Phi) is 3.88. The summed E-state index contributed by atoms with van der Waals surface area (Å²) in [5, 5.41) is 0. The predicted octanol–water partition coefficient (Wildman–Crippen LogP) is 2.43. The van der Waals surface area contributed by atoms with E-state index in [9.17, 15) is 9.59 Å². The SMILES string of the molecule is CC(=O)N1CCC(=O)N(CC(C)C)c2ccccc21. The Labute approximate surface area is 114 Å². The lowest BCUT2D eigenvalue weighted by Gasteiger charge is -2.26. The Bertz CT molecular complexity index is 497. The van der Waals surface area contributed by atoms with E-state index >= 15 is 0 Å². The molecule has 0 bridgehead atoms. The summed E-state index contributed by atoms with van der Waals surface area (Å²) in [7, 11) is 0. The van der Waals surface area contributed by atoms with E-state index in [1.165, 1.54) is 0 Å². The fourth-order valence-corrected chi connectivity index (χ4v) is 2.41. The molecular weight excluding hydrogens is 240 g/mol. The van der Waals surface area contributed by atoms with Crippen molar-refractivity contribution >= 4 is 23.2 Å². The first-order chi connectivity index (χ1) is 9.00. The van der Waals surface area contributed by atoms with Crippen LogP contribution in [0.5, 0.6) is 0 Å². The molecule has 0 N–H and O–H groups in total. The molecule has 0 saturated heterocycles. The van der Waals surface area contributed by atoms with Crippen LogP contribution < -0.4 is 9.80 Å². The molecule has 0 aliphatic carbocycles. The van der Waals surface area contributed by atoms with E-state index in [4.69, 9.17) is 0 Å². The predicted molar refractivity (Wildman–Crippen MR) is 76.3 cm³/mol. The molecule has 2 amide bonds. The van der Waals surface area contributed by atoms with Gasteiger partial charge in [-0.3, -0.25) is 9.59 Å². The minimum absolute atomic E-state index is 0.0216. The lowest BCUT2D eigenvalue weighted by Crippen LogP contribution is -2.33. The van der Waals surface area contributed by atoms with Gasteiger partial charge in [0.05, 0.1) is 11.4 Å². The van der Waals surface area contributed by atoms with Crippen molar-refractivity contribution < 1.29 is 9.59 Å². The minimum Gasteiger partial charge on any atom is -0.310 e. The number of para-hydroxylation sites is 2. The monoisotopic (exact) mass is 260 g/mol. The fraction of sp³-hybridized carbons (Fsp3) is 0.467. The third kappa shape index (κ3) is 2.78. The second-order valence-electron chi connectivity index (χ2n) is 5.31. The van der Waals surface area contributed by atoms with Crippen LogP contribution in [0.15, 0.2) is 24.3 Å². The average molecular weight is 260 g/mol. The molecule has 0 spiro atoms. The number of hydrogen-bond donors (Lipinski definition) is 0. The van der Waals surface area contributed by atoms with Crippen LogP contribution in [0.1, 0.15) is 27.2 Å². The molecule has 1 aliphatic heterocycles. The second-order valence-corrected chi connectivity index (χ2v) is 5.31. The number of carbonyl (C=O) groups is 2. The van der Waals surface area contributed by atoms with Crippen LogP contribution in [0.2, 0.25) is 0 Å². The van der Waals surface area contributed by atoms with Gasteiger partial charge < -0.3 is 9.80 Å². The van der Waals surface area contributed by atoms with Crippen molar-refractivity contribution in [2.45, 2.75) is 27.2 Å². The summed E-state index contributed by atoms with van der Waals surface area (Å²) in [6, 6.07) is 7.63. The van der Waals surface area contributed by atoms with Crippen LogP contribution in [0.25, 0.3) is 0 Å². The van der Waals surface area contributed by atoms with E-state index in [2.05, 4.69) is 13.8 Å². The quantitative estimate of drug-likeness (QED) is 0.819. The number of anilines is 2. The van der Waals surface area contributed by atoms with Crippen molar-refractivity contribution in [2.24, 2.45) is 5.92 Å². The Balaban J connectivity index is 2.48. The van der Waals surface area contributed by atoms with Crippen molar-refractivity contribution in [3.8, 4) is 0 Å². The maximum atomic E-state index is 12.3. The third-order valence-corrected chi connectivity index (χ3v) is 3.24. The zero-order valence-corrected chi connectivity index (χ0v) is 11.7. The Morgan fingerprint density at radius 1 is 1.26 bits per heavy atom. The molecule has 102 valence electrons. The standard InChI is InChI=1S/C15H20N2O2/c1-11(2)10-17-14-7-5-4-6-13(14)16(12(3)18)9-8-15(17)19/h4-7,11H,8-10H2,1-3H3. The van der Waals surface area contributed by atoms with E-state index in [1.54, 1.807) is 11.8 Å². The number of carbonyl (C=O) groups excluding carboxylic acids is 2. The molecule has 1 aromatic carbocycles. The van der Waals surface area contributed by atoms with Crippen LogP contribution in [0.3, 0.4) is 0 Å². The van der Waals surface area contributed by atoms with E-state index < -0.39 is 0 Å². The Hall–Kier alpha value is -1.84. The van der Waals surface area contributed by atoms with Crippen molar-refractivity contribution in [1.29, 1.82) is 0 Å². The highest BCUT2D eigenvalue weighted by atomic mass is 16.2. The highest BCUT2D eigenvalue weighted by molar-refractivity contribution is 6.04. The normalized spacial score (nSPS) is 15.5. The first-order valence-electron chi connectivity index (χ1n) is 6.68. The van der Waals surface area contributed by atoms with Gasteiger partial charge in [-0.2, -0.15) is 0 Å². The zero-order chi connectivity index (χ0) is 14.0. The molecule has 1 aromatic rings. The summed E-state index contributed by atoms with van der Waals surface area (Å²) in [4.78, 5) is 27.5. The fourth-order valence-electron chi connectivity index (χ4n) is 2.41. The van der Waals surface area contributed by atoms with Gasteiger partial charge in [-0.1, -0.05) is 26.0 Å². The molecular formula is C15H20N2O2. The summed E-state index contributed by atoms with van der Waals surface area (Å²) < 4.78 is 0. The molecule has 4 nitrogen and oxygen atoms in total. The minimum atomic E-state index is -0.0216. The van der Waals surface area contributed by atoms with Crippen molar-refractivity contribution in [1.82, 2.24) is 0 Å². The highest BCUT2D eigenvalue weighted by Gasteiger charge is 2.27. The van der Waals surface area contributed by atoms with Crippen LogP contribution in [0.4, 0.5) is 11.4 Å². The van der Waals surface area contributed by atoms with E-state index in [0.717, 1.165) is 11.4 Å². The summed E-state index contributed by atoms with van der Waals surface area (Å²) in [6.45, 7) is 6.85. The number of hydrogen-bond acceptors (Lipinski definition) is 2. The lowest BCUT2D eigenvalue weighted by molar-refractivity contribution is -0.118. The summed E-state index contributed by atoms with van der Waals surface area (Å²) in [5.41, 5.74) is 1.68. The number of rotatable bonds is 2. The molecule has 19 heavy (non-hydrogen) atoms. The zero-order valence-electron chi connectivity index (χ0n) is 11.7. The number of nitrogens with zero attached hydrogens (tertiary/aromatic N) is 2. The van der Waals surface area contributed by atoms with Crippen LogP contribution in [0, 0.1) is 5.92 Å². The molecule has 0 unspecified atom stereocenters. The number of fused-ring (bicyclic) bond motifs is 1. The number of benzene rings is 1. The first-order valence-corrected chi connectivity index (χ1v) is 6.68. The highest BCUT2D eigenvalue weighted by Crippen LogP contribution is 2.33. The summed E-state index contributed by atoms with van der Waals surface area (Å²) in [5.74, 6) is 0.456. The Morgan fingerprint density at radius 3 is 2.47 bits per heavy atom. The van der Waals surface area contributed by atoms with Gasteiger partial charge in [0.2, 0.25) is 11.8 Å². The molecule has 0 radical (unpaired) electrons. The molecule has 0 saturated carbocycles. The van der Waals surface area contributed by atoms with E-state index in [0.29, 0.717) is 25.4 Å². The topological polar surface area (TPSA) is 40.6 Å². The van der Waals surface area contributed by atoms with Crippen molar-refractivity contribution in [2.75, 3.05) is 22.9 Å². The van der Waals surface area contributed by atoms with Crippen LogP contribution in [-0.4, -0.2) is 24.9 Å². The lowest BCUT2D eigenvalue weighted by atomic mass is 10.1. The first kappa shape index (κ1) is 13.6. The van der Waals surface area contributed by atoms with Gasteiger partial charge in [-0.15, -0.1) is 0 Å². The molecule has 0 aromatic heterocycles. The largest absolute Gasteiger partial charge is 0.310 e. The van der Waals surface area contributed by atoms with E-state index in [-0.39, 0.29) is 11.8 Å². The van der Waals surface area contributed by atoms with Gasteiger partial charge in [-0.25, -0.2) is 0 Å². The van der Waals surface area contributed by atoms with Gasteiger partial charge in [0.25, 0.3) is 0 Å². The molecule has 4 heteroatoms. The maximum Gasteiger partial charge on any atom is 0.228 e. The van der Waals surface area contributed by atoms with Gasteiger partial charge in [0.15, 0.2) is 0 Å². The third-order valence-electron chi connectivity index (χ3n) is 3.24. The van der Waals surface area contributed by atoms with Crippen LogP contribution in [-0.2, 0) is 9.59 Å². The summed E-state index contributed by atoms with van der Waals surface area (Å²) >= 11 is 0. The van der Waals surface area contributed by atoms with Gasteiger partial charge >= 0.3 is 0 Å². The van der Waals surface area contributed by atoms with Gasteiger partial charge in [-0.05, 0) is 18.1 Å². The van der Waals surface area contributed by atoms with Gasteiger partial charge in [0, 0.05) is 26.4 Å². The summed E-state index contributed by atoms with van der Waals surface area (Å²) in [6.07, 6.45) is 0.376. The second kappa shape index (κ2) is 5.43. The molecule has 1 aliphatic rings. The number of amides is 2. The van der Waals surface area contributed by atoms with Crippen LogP contribution >= 0.6 is 0 Å². The average Bonchev–Trinajstić information content (AvgIpc) is 2.48.